The largest absolute Gasteiger partial charge is 0.481 e. The lowest BCUT2D eigenvalue weighted by Crippen LogP contribution is -2.26. The van der Waals surface area contributed by atoms with E-state index in [1.54, 1.807) is 6.20 Å². The van der Waals surface area contributed by atoms with Gasteiger partial charge in [-0.05, 0) is 24.8 Å². The summed E-state index contributed by atoms with van der Waals surface area (Å²) in [6.07, 6.45) is 5.44. The molecular weight excluding hydrogens is 194 g/mol. The first-order chi connectivity index (χ1) is 7.03. The van der Waals surface area contributed by atoms with Crippen molar-refractivity contribution in [2.45, 2.75) is 39.2 Å². The Labute approximate surface area is 89.3 Å². The highest BCUT2D eigenvalue weighted by molar-refractivity contribution is 5.82. The molecule has 4 nitrogen and oxygen atoms in total. The van der Waals surface area contributed by atoms with E-state index in [9.17, 15) is 4.79 Å². The number of aliphatic carboxylic acids is 1. The number of carbonyl (C=O) groups is 1. The SMILES string of the molecule is CC1(C)C(=CNOC2CCC2)[C@H]1C(=O)O. The topological polar surface area (TPSA) is 58.6 Å². The van der Waals surface area contributed by atoms with Crippen LogP contribution in [0, 0.1) is 11.3 Å². The van der Waals surface area contributed by atoms with Crippen molar-refractivity contribution in [2.24, 2.45) is 11.3 Å². The van der Waals surface area contributed by atoms with E-state index < -0.39 is 5.97 Å². The van der Waals surface area contributed by atoms with Crippen molar-refractivity contribution in [1.29, 1.82) is 0 Å². The van der Waals surface area contributed by atoms with Crippen molar-refractivity contribution >= 4 is 5.97 Å². The minimum atomic E-state index is -0.753. The fraction of sp³-hybridized carbons (Fsp3) is 0.727. The second-order valence-electron chi connectivity index (χ2n) is 4.88. The van der Waals surface area contributed by atoms with E-state index in [0.29, 0.717) is 6.10 Å². The fourth-order valence-electron chi connectivity index (χ4n) is 1.97. The van der Waals surface area contributed by atoms with Crippen molar-refractivity contribution in [3.8, 4) is 0 Å². The molecule has 2 aliphatic rings. The highest BCUT2D eigenvalue weighted by Gasteiger charge is 2.57. The van der Waals surface area contributed by atoms with Gasteiger partial charge in [0.2, 0.25) is 0 Å². The molecule has 0 amide bonds. The van der Waals surface area contributed by atoms with Gasteiger partial charge in [-0.25, -0.2) is 0 Å². The van der Waals surface area contributed by atoms with Crippen molar-refractivity contribution in [2.75, 3.05) is 0 Å². The Morgan fingerprint density at radius 2 is 2.27 bits per heavy atom. The van der Waals surface area contributed by atoms with Gasteiger partial charge in [0.1, 0.15) is 0 Å². The molecule has 2 N–H and O–H groups in total. The molecule has 15 heavy (non-hydrogen) atoms. The summed E-state index contributed by atoms with van der Waals surface area (Å²) in [6.45, 7) is 3.87. The van der Waals surface area contributed by atoms with Crippen LogP contribution in [0.1, 0.15) is 33.1 Å². The monoisotopic (exact) mass is 211 g/mol. The van der Waals surface area contributed by atoms with Gasteiger partial charge >= 0.3 is 5.97 Å². The van der Waals surface area contributed by atoms with E-state index in [1.807, 2.05) is 13.8 Å². The average molecular weight is 211 g/mol. The Kier molecular flexibility index (Phi) is 2.46. The standard InChI is InChI=1S/C11H17NO3/c1-11(2)8(9(11)10(13)14)6-12-15-7-4-3-5-7/h6-7,9,12H,3-5H2,1-2H3,(H,13,14)/t9-/m0/s1. The predicted molar refractivity (Wildman–Crippen MR) is 54.8 cm³/mol. The molecule has 4 heteroatoms. The molecule has 0 aromatic carbocycles. The van der Waals surface area contributed by atoms with Gasteiger partial charge in [0.15, 0.2) is 0 Å². The number of carboxylic acid groups (broad SMARTS) is 1. The lowest BCUT2D eigenvalue weighted by Gasteiger charge is -2.24. The van der Waals surface area contributed by atoms with E-state index in [2.05, 4.69) is 5.48 Å². The summed E-state index contributed by atoms with van der Waals surface area (Å²) in [4.78, 5) is 16.2. The van der Waals surface area contributed by atoms with E-state index in [1.165, 1.54) is 6.42 Å². The first kappa shape index (κ1) is 10.5. The Bertz CT molecular complexity index is 305. The van der Waals surface area contributed by atoms with Gasteiger partial charge < -0.3 is 5.11 Å². The zero-order valence-corrected chi connectivity index (χ0v) is 9.12. The maximum absolute atomic E-state index is 10.8. The van der Waals surface area contributed by atoms with Gasteiger partial charge in [-0.15, -0.1) is 0 Å². The minimum absolute atomic E-state index is 0.220. The molecule has 0 aromatic rings. The highest BCUT2D eigenvalue weighted by atomic mass is 16.7. The number of hydrogen-bond acceptors (Lipinski definition) is 3. The fourth-order valence-corrected chi connectivity index (χ4v) is 1.97. The molecule has 2 fully saturated rings. The molecule has 0 unspecified atom stereocenters. The number of nitrogens with one attached hydrogen (secondary N) is 1. The van der Waals surface area contributed by atoms with Crippen molar-refractivity contribution in [1.82, 2.24) is 5.48 Å². The molecule has 84 valence electrons. The minimum Gasteiger partial charge on any atom is -0.481 e. The summed E-state index contributed by atoms with van der Waals surface area (Å²) in [7, 11) is 0. The van der Waals surface area contributed by atoms with E-state index in [4.69, 9.17) is 9.94 Å². The number of hydroxylamine groups is 1. The van der Waals surface area contributed by atoms with Gasteiger partial charge in [-0.3, -0.25) is 15.1 Å². The lowest BCUT2D eigenvalue weighted by atomic mass is 9.97. The summed E-state index contributed by atoms with van der Waals surface area (Å²) >= 11 is 0. The molecule has 0 aliphatic heterocycles. The van der Waals surface area contributed by atoms with Crippen LogP contribution in [-0.2, 0) is 9.63 Å². The van der Waals surface area contributed by atoms with Gasteiger partial charge in [0.05, 0.1) is 12.0 Å². The lowest BCUT2D eigenvalue weighted by molar-refractivity contribution is -0.139. The molecule has 0 heterocycles. The third-order valence-electron chi connectivity index (χ3n) is 3.44. The van der Waals surface area contributed by atoms with Gasteiger partial charge in [0, 0.05) is 11.6 Å². The molecule has 0 bridgehead atoms. The van der Waals surface area contributed by atoms with Crippen LogP contribution < -0.4 is 5.48 Å². The third kappa shape index (κ3) is 1.86. The smallest absolute Gasteiger partial charge is 0.311 e. The van der Waals surface area contributed by atoms with Gasteiger partial charge in [0.25, 0.3) is 0 Å². The summed E-state index contributed by atoms with van der Waals surface area (Å²) in [6, 6.07) is 0. The number of rotatable bonds is 4. The van der Waals surface area contributed by atoms with Crippen LogP contribution in [0.2, 0.25) is 0 Å². The number of hydrogen-bond donors (Lipinski definition) is 2. The molecule has 2 rings (SSSR count). The summed E-state index contributed by atoms with van der Waals surface area (Å²) in [5.41, 5.74) is 3.46. The quantitative estimate of drug-likeness (QED) is 0.695. The van der Waals surface area contributed by atoms with Crippen LogP contribution in [0.3, 0.4) is 0 Å². The van der Waals surface area contributed by atoms with Crippen LogP contribution in [-0.4, -0.2) is 17.2 Å². The molecule has 0 spiro atoms. The molecule has 0 aromatic heterocycles. The summed E-state index contributed by atoms with van der Waals surface area (Å²) in [5, 5.41) is 8.92. The molecule has 2 aliphatic carbocycles. The van der Waals surface area contributed by atoms with Crippen molar-refractivity contribution in [3.63, 3.8) is 0 Å². The zero-order valence-electron chi connectivity index (χ0n) is 9.12. The van der Waals surface area contributed by atoms with E-state index in [-0.39, 0.29) is 11.3 Å². The van der Waals surface area contributed by atoms with Crippen molar-refractivity contribution in [3.05, 3.63) is 11.8 Å². The Morgan fingerprint density at radius 3 is 2.67 bits per heavy atom. The molecule has 0 radical (unpaired) electrons. The van der Waals surface area contributed by atoms with E-state index in [0.717, 1.165) is 18.4 Å². The highest BCUT2D eigenvalue weighted by Crippen LogP contribution is 2.57. The summed E-state index contributed by atoms with van der Waals surface area (Å²) in [5.74, 6) is -1.10. The van der Waals surface area contributed by atoms with Gasteiger partial charge in [-0.1, -0.05) is 13.8 Å². The second-order valence-corrected chi connectivity index (χ2v) is 4.88. The Morgan fingerprint density at radius 1 is 1.60 bits per heavy atom. The van der Waals surface area contributed by atoms with E-state index >= 15 is 0 Å². The Hall–Kier alpha value is -1.03. The van der Waals surface area contributed by atoms with Crippen LogP contribution in [0.5, 0.6) is 0 Å². The normalized spacial score (nSPS) is 31.1. The first-order valence-electron chi connectivity index (χ1n) is 5.38. The molecular formula is C11H17NO3. The van der Waals surface area contributed by atoms with Crippen LogP contribution in [0.15, 0.2) is 11.8 Å². The van der Waals surface area contributed by atoms with Crippen LogP contribution in [0.4, 0.5) is 0 Å². The average Bonchev–Trinajstić information content (AvgIpc) is 2.58. The summed E-state index contributed by atoms with van der Waals surface area (Å²) < 4.78 is 0. The third-order valence-corrected chi connectivity index (χ3v) is 3.44. The maximum Gasteiger partial charge on any atom is 0.311 e. The van der Waals surface area contributed by atoms with Crippen LogP contribution >= 0.6 is 0 Å². The molecule has 0 saturated heterocycles. The zero-order chi connectivity index (χ0) is 11.1. The Balaban J connectivity index is 1.83. The number of carboxylic acids is 1. The maximum atomic E-state index is 10.8. The first-order valence-corrected chi connectivity index (χ1v) is 5.38. The predicted octanol–water partition coefficient (Wildman–Crippen LogP) is 1.68. The van der Waals surface area contributed by atoms with Crippen molar-refractivity contribution < 1.29 is 14.7 Å². The second kappa shape index (κ2) is 3.52. The van der Waals surface area contributed by atoms with Crippen LogP contribution in [0.25, 0.3) is 0 Å². The molecule has 2 saturated carbocycles. The van der Waals surface area contributed by atoms with Gasteiger partial charge in [-0.2, -0.15) is 0 Å². The molecule has 1 atom stereocenters.